The number of amides is 1. The maximum absolute atomic E-state index is 11.7. The van der Waals surface area contributed by atoms with Crippen LogP contribution in [0.25, 0.3) is 0 Å². The third kappa shape index (κ3) is 7.60. The predicted octanol–water partition coefficient (Wildman–Crippen LogP) is 4.04. The van der Waals surface area contributed by atoms with Gasteiger partial charge in [0.15, 0.2) is 0 Å². The van der Waals surface area contributed by atoms with Crippen LogP contribution in [0.5, 0.6) is 5.75 Å². The van der Waals surface area contributed by atoms with Gasteiger partial charge in [0.1, 0.15) is 5.75 Å². The van der Waals surface area contributed by atoms with E-state index < -0.39 is 11.8 Å². The molecule has 0 saturated carbocycles. The Morgan fingerprint density at radius 2 is 1.91 bits per heavy atom. The summed E-state index contributed by atoms with van der Waals surface area (Å²) in [6, 6.07) is 4.85. The SMILES string of the molecule is CCCC(=O)NC(C)(C)C#CC(OC)Oc1cc(Cl)cc(Cl)c1. The summed E-state index contributed by atoms with van der Waals surface area (Å²) in [5.74, 6) is 6.22. The number of nitrogens with one attached hydrogen (secondary N) is 1. The van der Waals surface area contributed by atoms with Crippen LogP contribution in [0, 0.1) is 11.8 Å². The number of hydrogen-bond donors (Lipinski definition) is 1. The Labute approximate surface area is 147 Å². The third-order valence-corrected chi connectivity index (χ3v) is 3.16. The second-order valence-corrected chi connectivity index (χ2v) is 6.36. The molecule has 0 radical (unpaired) electrons. The summed E-state index contributed by atoms with van der Waals surface area (Å²) in [7, 11) is 1.48. The van der Waals surface area contributed by atoms with Gasteiger partial charge in [-0.2, -0.15) is 0 Å². The van der Waals surface area contributed by atoms with Crippen LogP contribution in [0.4, 0.5) is 0 Å². The van der Waals surface area contributed by atoms with Gasteiger partial charge in [-0.25, -0.2) is 0 Å². The van der Waals surface area contributed by atoms with Crippen molar-refractivity contribution in [3.8, 4) is 17.6 Å². The summed E-state index contributed by atoms with van der Waals surface area (Å²) in [4.78, 5) is 11.7. The molecular formula is C17H21Cl2NO3. The zero-order valence-corrected chi connectivity index (χ0v) is 15.2. The quantitative estimate of drug-likeness (QED) is 0.617. The van der Waals surface area contributed by atoms with Crippen molar-refractivity contribution in [2.24, 2.45) is 0 Å². The Bertz CT molecular complexity index is 585. The summed E-state index contributed by atoms with van der Waals surface area (Å²) in [6.07, 6.45) is 0.456. The van der Waals surface area contributed by atoms with Gasteiger partial charge in [0.2, 0.25) is 5.91 Å². The lowest BCUT2D eigenvalue weighted by Crippen LogP contribution is -2.42. The van der Waals surface area contributed by atoms with E-state index >= 15 is 0 Å². The van der Waals surface area contributed by atoms with Gasteiger partial charge >= 0.3 is 0 Å². The second kappa shape index (κ2) is 9.02. The molecule has 1 aromatic carbocycles. The number of methoxy groups -OCH3 is 1. The minimum atomic E-state index is -0.799. The zero-order chi connectivity index (χ0) is 17.5. The normalized spacial score (nSPS) is 12.1. The van der Waals surface area contributed by atoms with Crippen LogP contribution in [-0.2, 0) is 9.53 Å². The van der Waals surface area contributed by atoms with E-state index in [0.717, 1.165) is 6.42 Å². The van der Waals surface area contributed by atoms with Gasteiger partial charge in [0.05, 0.1) is 5.54 Å². The molecule has 1 amide bonds. The van der Waals surface area contributed by atoms with Crippen LogP contribution in [0.1, 0.15) is 33.6 Å². The van der Waals surface area contributed by atoms with Crippen LogP contribution in [0.3, 0.4) is 0 Å². The highest BCUT2D eigenvalue weighted by molar-refractivity contribution is 6.34. The van der Waals surface area contributed by atoms with E-state index in [1.165, 1.54) is 7.11 Å². The summed E-state index contributed by atoms with van der Waals surface area (Å²) in [5, 5.41) is 3.77. The molecule has 23 heavy (non-hydrogen) atoms. The highest BCUT2D eigenvalue weighted by atomic mass is 35.5. The van der Waals surface area contributed by atoms with Gasteiger partial charge in [-0.15, -0.1) is 0 Å². The zero-order valence-electron chi connectivity index (χ0n) is 13.7. The molecule has 6 heteroatoms. The van der Waals surface area contributed by atoms with Gasteiger partial charge in [-0.05, 0) is 44.4 Å². The van der Waals surface area contributed by atoms with Crippen molar-refractivity contribution in [3.05, 3.63) is 28.2 Å². The van der Waals surface area contributed by atoms with E-state index in [4.69, 9.17) is 32.7 Å². The average Bonchev–Trinajstić information content (AvgIpc) is 2.42. The highest BCUT2D eigenvalue weighted by Crippen LogP contribution is 2.25. The summed E-state index contributed by atoms with van der Waals surface area (Å²) >= 11 is 11.8. The number of ether oxygens (including phenoxy) is 2. The number of benzene rings is 1. The minimum absolute atomic E-state index is 0.0386. The number of carbonyl (C=O) groups excluding carboxylic acids is 1. The van der Waals surface area contributed by atoms with E-state index in [9.17, 15) is 4.79 Å². The lowest BCUT2D eigenvalue weighted by molar-refractivity contribution is -0.122. The summed E-state index contributed by atoms with van der Waals surface area (Å²) in [6.45, 7) is 5.58. The van der Waals surface area contributed by atoms with Crippen LogP contribution in [0.15, 0.2) is 18.2 Å². The molecule has 0 spiro atoms. The van der Waals surface area contributed by atoms with Crippen molar-refractivity contribution in [1.29, 1.82) is 0 Å². The summed E-state index contributed by atoms with van der Waals surface area (Å²) in [5.41, 5.74) is -0.682. The molecule has 0 heterocycles. The molecule has 1 rings (SSSR count). The first-order chi connectivity index (χ1) is 10.8. The van der Waals surface area contributed by atoms with E-state index in [1.54, 1.807) is 18.2 Å². The van der Waals surface area contributed by atoms with Crippen LogP contribution in [0.2, 0.25) is 10.0 Å². The van der Waals surface area contributed by atoms with Crippen molar-refractivity contribution < 1.29 is 14.3 Å². The largest absolute Gasteiger partial charge is 0.453 e. The van der Waals surface area contributed by atoms with Crippen LogP contribution in [-0.4, -0.2) is 24.8 Å². The first-order valence-electron chi connectivity index (χ1n) is 7.25. The maximum atomic E-state index is 11.7. The molecule has 1 atom stereocenters. The first-order valence-corrected chi connectivity index (χ1v) is 8.00. The fraction of sp³-hybridized carbons (Fsp3) is 0.471. The minimum Gasteiger partial charge on any atom is -0.453 e. The lowest BCUT2D eigenvalue weighted by Gasteiger charge is -2.20. The van der Waals surface area contributed by atoms with E-state index in [1.807, 2.05) is 20.8 Å². The van der Waals surface area contributed by atoms with Crippen molar-refractivity contribution in [2.75, 3.05) is 7.11 Å². The Balaban J connectivity index is 2.77. The van der Waals surface area contributed by atoms with Crippen LogP contribution >= 0.6 is 23.2 Å². The number of carbonyl (C=O) groups is 1. The van der Waals surface area contributed by atoms with Crippen molar-refractivity contribution in [2.45, 2.75) is 45.4 Å². The molecule has 0 fully saturated rings. The first kappa shape index (κ1) is 19.6. The van der Waals surface area contributed by atoms with Crippen molar-refractivity contribution >= 4 is 29.1 Å². The third-order valence-electron chi connectivity index (χ3n) is 2.72. The van der Waals surface area contributed by atoms with Crippen molar-refractivity contribution in [3.63, 3.8) is 0 Å². The van der Waals surface area contributed by atoms with Gasteiger partial charge in [0, 0.05) is 23.6 Å². The Morgan fingerprint density at radius 3 is 2.43 bits per heavy atom. The molecule has 1 N–H and O–H groups in total. The topological polar surface area (TPSA) is 47.6 Å². The Kier molecular flexibility index (Phi) is 7.70. The monoisotopic (exact) mass is 357 g/mol. The molecule has 4 nitrogen and oxygen atoms in total. The number of halogens is 2. The molecule has 0 aromatic heterocycles. The van der Waals surface area contributed by atoms with Crippen LogP contribution < -0.4 is 10.1 Å². The van der Waals surface area contributed by atoms with Gasteiger partial charge in [-0.3, -0.25) is 4.79 Å². The number of rotatable bonds is 6. The highest BCUT2D eigenvalue weighted by Gasteiger charge is 2.17. The standard InChI is InChI=1S/C17H21Cl2NO3/c1-5-6-15(21)20-17(2,3)8-7-16(22-4)23-14-10-12(18)9-13(19)11-14/h9-11,16H,5-6H2,1-4H3,(H,20,21). The Morgan fingerprint density at radius 1 is 1.30 bits per heavy atom. The lowest BCUT2D eigenvalue weighted by atomic mass is 10.1. The molecule has 1 unspecified atom stereocenters. The fourth-order valence-electron chi connectivity index (χ4n) is 1.77. The molecule has 0 saturated heterocycles. The molecule has 0 bridgehead atoms. The smallest absolute Gasteiger partial charge is 0.264 e. The maximum Gasteiger partial charge on any atom is 0.264 e. The van der Waals surface area contributed by atoms with Crippen molar-refractivity contribution in [1.82, 2.24) is 5.32 Å². The molecule has 0 aliphatic carbocycles. The Hall–Kier alpha value is -1.41. The molecular weight excluding hydrogens is 337 g/mol. The molecule has 0 aliphatic rings. The summed E-state index contributed by atoms with van der Waals surface area (Å²) < 4.78 is 10.8. The number of hydrogen-bond acceptors (Lipinski definition) is 3. The molecule has 126 valence electrons. The van der Waals surface area contributed by atoms with E-state index in [0.29, 0.717) is 22.2 Å². The second-order valence-electron chi connectivity index (χ2n) is 5.48. The predicted molar refractivity (Wildman–Crippen MR) is 92.8 cm³/mol. The van der Waals surface area contributed by atoms with E-state index in [-0.39, 0.29) is 5.91 Å². The molecule has 1 aromatic rings. The van der Waals surface area contributed by atoms with Gasteiger partial charge < -0.3 is 14.8 Å². The fourth-order valence-corrected chi connectivity index (χ4v) is 2.27. The molecule has 0 aliphatic heterocycles. The van der Waals surface area contributed by atoms with E-state index in [2.05, 4.69) is 17.2 Å². The van der Waals surface area contributed by atoms with Gasteiger partial charge in [-0.1, -0.05) is 36.0 Å². The average molecular weight is 358 g/mol. The van der Waals surface area contributed by atoms with Gasteiger partial charge in [0.25, 0.3) is 6.29 Å².